The molecule has 0 aliphatic rings. The van der Waals surface area contributed by atoms with Crippen molar-refractivity contribution in [2.45, 2.75) is 5.75 Å². The molecule has 0 atom stereocenters. The summed E-state index contributed by atoms with van der Waals surface area (Å²) in [6.07, 6.45) is 1.52. The molecule has 0 aliphatic carbocycles. The lowest BCUT2D eigenvalue weighted by atomic mass is 10.2. The number of rotatable bonds is 4. The van der Waals surface area contributed by atoms with E-state index in [2.05, 4.69) is 25.6 Å². The third-order valence-electron chi connectivity index (χ3n) is 2.35. The molecule has 0 saturated carbocycles. The maximum absolute atomic E-state index is 12.0. The summed E-state index contributed by atoms with van der Waals surface area (Å²) in [4.78, 5) is 3.96. The van der Waals surface area contributed by atoms with Gasteiger partial charge >= 0.3 is 0 Å². The van der Waals surface area contributed by atoms with Gasteiger partial charge in [-0.2, -0.15) is 0 Å². The first kappa shape index (κ1) is 13.8. The molecule has 7 heteroatoms. The number of halogens is 1. The monoisotopic (exact) mass is 341 g/mol. The van der Waals surface area contributed by atoms with Gasteiger partial charge in [0.15, 0.2) is 5.82 Å². The Balaban J connectivity index is 2.15. The van der Waals surface area contributed by atoms with Gasteiger partial charge in [-0.15, -0.1) is 0 Å². The molecule has 0 unspecified atom stereocenters. The van der Waals surface area contributed by atoms with E-state index in [0.717, 1.165) is 0 Å². The fourth-order valence-corrected chi connectivity index (χ4v) is 3.12. The predicted octanol–water partition coefficient (Wildman–Crippen LogP) is 2.37. The van der Waals surface area contributed by atoms with E-state index in [-0.39, 0.29) is 11.6 Å². The third-order valence-corrected chi connectivity index (χ3v) is 4.20. The third kappa shape index (κ3) is 3.93. The van der Waals surface area contributed by atoms with Gasteiger partial charge < -0.3 is 5.73 Å². The van der Waals surface area contributed by atoms with Gasteiger partial charge in [-0.1, -0.05) is 12.1 Å². The Morgan fingerprint density at radius 1 is 1.21 bits per heavy atom. The fourth-order valence-electron chi connectivity index (χ4n) is 1.48. The van der Waals surface area contributed by atoms with Crippen LogP contribution in [0.5, 0.6) is 0 Å². The van der Waals surface area contributed by atoms with Gasteiger partial charge in [0.25, 0.3) is 0 Å². The van der Waals surface area contributed by atoms with Crippen molar-refractivity contribution < 1.29 is 8.42 Å². The minimum absolute atomic E-state index is 0.129. The molecular formula is C12H12BrN3O2S. The first-order chi connectivity index (χ1) is 8.96. The van der Waals surface area contributed by atoms with Crippen LogP contribution in [0, 0.1) is 0 Å². The Kier molecular flexibility index (Phi) is 4.06. The Bertz CT molecular complexity index is 672. The molecular weight excluding hydrogens is 330 g/mol. The van der Waals surface area contributed by atoms with E-state index >= 15 is 0 Å². The zero-order chi connectivity index (χ0) is 13.9. The molecule has 1 heterocycles. The molecule has 0 aliphatic heterocycles. The first-order valence-electron chi connectivity index (χ1n) is 5.42. The second kappa shape index (κ2) is 5.58. The molecule has 5 nitrogen and oxygen atoms in total. The van der Waals surface area contributed by atoms with Crippen molar-refractivity contribution in [3.63, 3.8) is 0 Å². The molecule has 0 amide bonds. The normalized spacial score (nSPS) is 11.2. The Morgan fingerprint density at radius 2 is 1.89 bits per heavy atom. The van der Waals surface area contributed by atoms with Crippen LogP contribution >= 0.6 is 15.9 Å². The summed E-state index contributed by atoms with van der Waals surface area (Å²) in [5.41, 5.74) is 6.81. The summed E-state index contributed by atoms with van der Waals surface area (Å²) >= 11 is 3.24. The van der Waals surface area contributed by atoms with E-state index in [1.807, 2.05) is 0 Å². The van der Waals surface area contributed by atoms with E-state index in [1.165, 1.54) is 6.20 Å². The lowest BCUT2D eigenvalue weighted by Gasteiger charge is -2.08. The Labute approximate surface area is 120 Å². The number of anilines is 2. The standard InChI is InChI=1S/C12H12BrN3O2S/c13-11-2-1-7-15-12(11)16-19(17,18)8-9-3-5-10(14)6-4-9/h1-7H,8,14H2,(H,15,16). The topological polar surface area (TPSA) is 85.1 Å². The van der Waals surface area contributed by atoms with Gasteiger partial charge in [-0.3, -0.25) is 4.72 Å². The lowest BCUT2D eigenvalue weighted by molar-refractivity contribution is 0.600. The van der Waals surface area contributed by atoms with Gasteiger partial charge in [-0.25, -0.2) is 13.4 Å². The van der Waals surface area contributed by atoms with Crippen LogP contribution in [0.1, 0.15) is 5.56 Å². The first-order valence-corrected chi connectivity index (χ1v) is 7.86. The zero-order valence-electron chi connectivity index (χ0n) is 9.88. The van der Waals surface area contributed by atoms with Crippen LogP contribution in [-0.4, -0.2) is 13.4 Å². The van der Waals surface area contributed by atoms with Gasteiger partial charge in [0.2, 0.25) is 10.0 Å². The largest absolute Gasteiger partial charge is 0.399 e. The van der Waals surface area contributed by atoms with E-state index < -0.39 is 10.0 Å². The maximum Gasteiger partial charge on any atom is 0.238 e. The molecule has 1 aromatic carbocycles. The van der Waals surface area contributed by atoms with Gasteiger partial charge in [0, 0.05) is 11.9 Å². The average Bonchev–Trinajstić information content (AvgIpc) is 2.35. The number of nitrogens with zero attached hydrogens (tertiary/aromatic N) is 1. The fraction of sp³-hybridized carbons (Fsp3) is 0.0833. The summed E-state index contributed by atoms with van der Waals surface area (Å²) in [6.45, 7) is 0. The molecule has 0 fully saturated rings. The number of aromatic nitrogens is 1. The highest BCUT2D eigenvalue weighted by Crippen LogP contribution is 2.20. The highest BCUT2D eigenvalue weighted by atomic mass is 79.9. The van der Waals surface area contributed by atoms with Crippen molar-refractivity contribution in [2.75, 3.05) is 10.5 Å². The van der Waals surface area contributed by atoms with Crippen molar-refractivity contribution in [1.82, 2.24) is 4.98 Å². The minimum atomic E-state index is -3.51. The molecule has 2 rings (SSSR count). The van der Waals surface area contributed by atoms with Crippen LogP contribution in [0.2, 0.25) is 0 Å². The molecule has 19 heavy (non-hydrogen) atoms. The maximum atomic E-state index is 12.0. The molecule has 100 valence electrons. The van der Waals surface area contributed by atoms with Gasteiger partial charge in [0.1, 0.15) is 0 Å². The summed E-state index contributed by atoms with van der Waals surface area (Å²) in [6, 6.07) is 10.1. The second-order valence-electron chi connectivity index (χ2n) is 3.94. The number of nitrogens with two attached hydrogens (primary N) is 1. The smallest absolute Gasteiger partial charge is 0.238 e. The number of pyridine rings is 1. The molecule has 1 aromatic heterocycles. The minimum Gasteiger partial charge on any atom is -0.399 e. The van der Waals surface area contributed by atoms with E-state index in [1.54, 1.807) is 36.4 Å². The lowest BCUT2D eigenvalue weighted by Crippen LogP contribution is -2.16. The average molecular weight is 342 g/mol. The molecule has 0 bridgehead atoms. The molecule has 0 radical (unpaired) electrons. The summed E-state index contributed by atoms with van der Waals surface area (Å²) in [5.74, 6) is 0.147. The van der Waals surface area contributed by atoms with Crippen LogP contribution in [0.3, 0.4) is 0 Å². The summed E-state index contributed by atoms with van der Waals surface area (Å²) < 4.78 is 27.0. The predicted molar refractivity (Wildman–Crippen MR) is 79.0 cm³/mol. The highest BCUT2D eigenvalue weighted by Gasteiger charge is 2.14. The van der Waals surface area contributed by atoms with Crippen LogP contribution in [0.4, 0.5) is 11.5 Å². The van der Waals surface area contributed by atoms with Crippen LogP contribution < -0.4 is 10.5 Å². The van der Waals surface area contributed by atoms with Crippen LogP contribution in [0.15, 0.2) is 47.1 Å². The van der Waals surface area contributed by atoms with E-state index in [0.29, 0.717) is 15.7 Å². The number of sulfonamides is 1. The van der Waals surface area contributed by atoms with Gasteiger partial charge in [-0.05, 0) is 45.8 Å². The Morgan fingerprint density at radius 3 is 2.53 bits per heavy atom. The zero-order valence-corrected chi connectivity index (χ0v) is 12.3. The molecule has 0 saturated heterocycles. The SMILES string of the molecule is Nc1ccc(CS(=O)(=O)Nc2ncccc2Br)cc1. The highest BCUT2D eigenvalue weighted by molar-refractivity contribution is 9.10. The van der Waals surface area contributed by atoms with Crippen molar-refractivity contribution in [2.24, 2.45) is 0 Å². The summed E-state index contributed by atoms with van der Waals surface area (Å²) in [5, 5.41) is 0. The number of hydrogen-bond donors (Lipinski definition) is 2. The molecule has 0 spiro atoms. The van der Waals surface area contributed by atoms with Crippen molar-refractivity contribution >= 4 is 37.5 Å². The second-order valence-corrected chi connectivity index (χ2v) is 6.51. The van der Waals surface area contributed by atoms with E-state index in [9.17, 15) is 8.42 Å². The van der Waals surface area contributed by atoms with Crippen molar-refractivity contribution in [3.8, 4) is 0 Å². The quantitative estimate of drug-likeness (QED) is 0.836. The number of nitrogens with one attached hydrogen (secondary N) is 1. The van der Waals surface area contributed by atoms with Crippen molar-refractivity contribution in [1.29, 1.82) is 0 Å². The van der Waals surface area contributed by atoms with Crippen LogP contribution in [-0.2, 0) is 15.8 Å². The van der Waals surface area contributed by atoms with Crippen molar-refractivity contribution in [3.05, 3.63) is 52.6 Å². The summed E-state index contributed by atoms with van der Waals surface area (Å²) in [7, 11) is -3.51. The van der Waals surface area contributed by atoms with Crippen LogP contribution in [0.25, 0.3) is 0 Å². The van der Waals surface area contributed by atoms with Gasteiger partial charge in [0.05, 0.1) is 10.2 Å². The molecule has 3 N–H and O–H groups in total. The number of nitrogen functional groups attached to an aromatic ring is 1. The Hall–Kier alpha value is -1.60. The number of hydrogen-bond acceptors (Lipinski definition) is 4. The number of benzene rings is 1. The molecule has 2 aromatic rings. The van der Waals surface area contributed by atoms with E-state index in [4.69, 9.17) is 5.73 Å².